The minimum absolute atomic E-state index is 0.175. The number of para-hydroxylation sites is 1. The topological polar surface area (TPSA) is 96.9 Å². The van der Waals surface area contributed by atoms with Crippen molar-refractivity contribution in [2.24, 2.45) is 0 Å². The molecule has 1 amide bonds. The number of hydrogen-bond acceptors (Lipinski definition) is 4. The van der Waals surface area contributed by atoms with E-state index in [4.69, 9.17) is 10.2 Å². The third-order valence-electron chi connectivity index (χ3n) is 2.77. The van der Waals surface area contributed by atoms with Gasteiger partial charge in [-0.1, -0.05) is 12.1 Å². The molecule has 2 heterocycles. The number of H-pyrrole nitrogens is 1. The van der Waals surface area contributed by atoms with Crippen molar-refractivity contribution in [1.29, 1.82) is 0 Å². The number of anilines is 2. The number of hydrogen-bond donors (Lipinski definition) is 3. The standard InChI is InChI=1S/C13H12N4O2/c1-7-6-19-13(15-7)17-12(18)10-5-8-3-2-4-9(14)11(8)16-10/h2-6,16H,14H2,1H3,(H,15,17,18). The van der Waals surface area contributed by atoms with Gasteiger partial charge in [-0.2, -0.15) is 4.98 Å². The second-order valence-corrected chi connectivity index (χ2v) is 4.24. The van der Waals surface area contributed by atoms with Crippen LogP contribution < -0.4 is 11.1 Å². The molecule has 0 saturated carbocycles. The Morgan fingerprint density at radius 1 is 1.47 bits per heavy atom. The van der Waals surface area contributed by atoms with Crippen LogP contribution in [0, 0.1) is 6.92 Å². The van der Waals surface area contributed by atoms with Crippen molar-refractivity contribution < 1.29 is 9.21 Å². The fraction of sp³-hybridized carbons (Fsp3) is 0.0769. The largest absolute Gasteiger partial charge is 0.432 e. The predicted octanol–water partition coefficient (Wildman–Crippen LogP) is 2.30. The van der Waals surface area contributed by atoms with E-state index in [0.29, 0.717) is 17.1 Å². The van der Waals surface area contributed by atoms with Crippen LogP contribution in [0.1, 0.15) is 16.2 Å². The van der Waals surface area contributed by atoms with Crippen molar-refractivity contribution in [2.75, 3.05) is 11.1 Å². The van der Waals surface area contributed by atoms with Crippen molar-refractivity contribution in [3.05, 3.63) is 41.9 Å². The van der Waals surface area contributed by atoms with Gasteiger partial charge in [0.1, 0.15) is 12.0 Å². The molecule has 0 aliphatic heterocycles. The van der Waals surface area contributed by atoms with Gasteiger partial charge in [-0.25, -0.2) is 0 Å². The molecule has 0 atom stereocenters. The molecule has 0 aliphatic rings. The summed E-state index contributed by atoms with van der Waals surface area (Å²) in [6.07, 6.45) is 1.47. The quantitative estimate of drug-likeness (QED) is 0.613. The van der Waals surface area contributed by atoms with Crippen LogP contribution in [-0.2, 0) is 0 Å². The summed E-state index contributed by atoms with van der Waals surface area (Å²) >= 11 is 0. The van der Waals surface area contributed by atoms with E-state index in [1.807, 2.05) is 12.1 Å². The zero-order valence-corrected chi connectivity index (χ0v) is 10.2. The molecule has 0 saturated heterocycles. The monoisotopic (exact) mass is 256 g/mol. The number of carbonyl (C=O) groups is 1. The van der Waals surface area contributed by atoms with Gasteiger partial charge in [0.15, 0.2) is 0 Å². The number of benzene rings is 1. The van der Waals surface area contributed by atoms with Crippen molar-refractivity contribution in [3.63, 3.8) is 0 Å². The Morgan fingerprint density at radius 3 is 3.00 bits per heavy atom. The van der Waals surface area contributed by atoms with Gasteiger partial charge in [-0.05, 0) is 19.1 Å². The molecule has 96 valence electrons. The Hall–Kier alpha value is -2.76. The van der Waals surface area contributed by atoms with Gasteiger partial charge >= 0.3 is 6.01 Å². The van der Waals surface area contributed by atoms with E-state index >= 15 is 0 Å². The first-order valence-electron chi connectivity index (χ1n) is 5.74. The highest BCUT2D eigenvalue weighted by Crippen LogP contribution is 2.21. The summed E-state index contributed by atoms with van der Waals surface area (Å²) in [5.41, 5.74) is 8.29. The minimum Gasteiger partial charge on any atom is -0.432 e. The van der Waals surface area contributed by atoms with Crippen LogP contribution >= 0.6 is 0 Å². The molecule has 6 heteroatoms. The summed E-state index contributed by atoms with van der Waals surface area (Å²) in [5.74, 6) is -0.322. The maximum Gasteiger partial charge on any atom is 0.301 e. The minimum atomic E-state index is -0.322. The fourth-order valence-electron chi connectivity index (χ4n) is 1.88. The number of fused-ring (bicyclic) bond motifs is 1. The van der Waals surface area contributed by atoms with Gasteiger partial charge < -0.3 is 15.1 Å². The van der Waals surface area contributed by atoms with Crippen LogP contribution in [0.2, 0.25) is 0 Å². The lowest BCUT2D eigenvalue weighted by atomic mass is 10.2. The summed E-state index contributed by atoms with van der Waals surface area (Å²) in [7, 11) is 0. The van der Waals surface area contributed by atoms with Crippen molar-refractivity contribution in [1.82, 2.24) is 9.97 Å². The van der Waals surface area contributed by atoms with E-state index in [1.54, 1.807) is 19.1 Å². The Labute approximate surface area is 108 Å². The first-order chi connectivity index (χ1) is 9.13. The van der Waals surface area contributed by atoms with Gasteiger partial charge in [0, 0.05) is 5.39 Å². The molecule has 0 bridgehead atoms. The Bertz CT molecular complexity index is 757. The van der Waals surface area contributed by atoms with Crippen LogP contribution in [0.3, 0.4) is 0 Å². The number of rotatable bonds is 2. The first-order valence-corrected chi connectivity index (χ1v) is 5.74. The molecule has 4 N–H and O–H groups in total. The molecule has 0 radical (unpaired) electrons. The average Bonchev–Trinajstić information content (AvgIpc) is 2.96. The van der Waals surface area contributed by atoms with Crippen LogP contribution in [-0.4, -0.2) is 15.9 Å². The molecule has 0 fully saturated rings. The second-order valence-electron chi connectivity index (χ2n) is 4.24. The molecular weight excluding hydrogens is 244 g/mol. The van der Waals surface area contributed by atoms with Gasteiger partial charge in [-0.15, -0.1) is 0 Å². The Kier molecular flexibility index (Phi) is 2.49. The molecule has 0 spiro atoms. The normalized spacial score (nSPS) is 10.8. The van der Waals surface area contributed by atoms with Crippen molar-refractivity contribution in [3.8, 4) is 0 Å². The summed E-state index contributed by atoms with van der Waals surface area (Å²) in [6.45, 7) is 1.78. The third-order valence-corrected chi connectivity index (χ3v) is 2.77. The maximum absolute atomic E-state index is 12.0. The Balaban J connectivity index is 1.91. The SMILES string of the molecule is Cc1coc(NC(=O)c2cc3cccc(N)c3[nH]2)n1. The van der Waals surface area contributed by atoms with E-state index in [-0.39, 0.29) is 11.9 Å². The predicted molar refractivity (Wildman–Crippen MR) is 71.9 cm³/mol. The van der Waals surface area contributed by atoms with Crippen LogP contribution in [0.5, 0.6) is 0 Å². The molecule has 19 heavy (non-hydrogen) atoms. The van der Waals surface area contributed by atoms with E-state index in [2.05, 4.69) is 15.3 Å². The number of aryl methyl sites for hydroxylation is 1. The lowest BCUT2D eigenvalue weighted by Crippen LogP contribution is -2.12. The highest BCUT2D eigenvalue weighted by Gasteiger charge is 2.13. The van der Waals surface area contributed by atoms with Crippen LogP contribution in [0.4, 0.5) is 11.7 Å². The number of nitrogen functional groups attached to an aromatic ring is 1. The number of oxazole rings is 1. The number of aromatic amines is 1. The number of carbonyl (C=O) groups excluding carboxylic acids is 1. The van der Waals surface area contributed by atoms with Gasteiger partial charge in [0.05, 0.1) is 16.9 Å². The van der Waals surface area contributed by atoms with Gasteiger partial charge in [-0.3, -0.25) is 10.1 Å². The number of amides is 1. The summed E-state index contributed by atoms with van der Waals surface area (Å²) < 4.78 is 5.07. The number of nitrogens with one attached hydrogen (secondary N) is 2. The molecule has 0 aliphatic carbocycles. The van der Waals surface area contributed by atoms with Gasteiger partial charge in [0.2, 0.25) is 0 Å². The average molecular weight is 256 g/mol. The van der Waals surface area contributed by atoms with E-state index in [9.17, 15) is 4.79 Å². The fourth-order valence-corrected chi connectivity index (χ4v) is 1.88. The molecule has 1 aromatic carbocycles. The molecule has 3 aromatic rings. The zero-order valence-electron chi connectivity index (χ0n) is 10.2. The van der Waals surface area contributed by atoms with Gasteiger partial charge in [0.25, 0.3) is 5.91 Å². The summed E-state index contributed by atoms with van der Waals surface area (Å²) in [6, 6.07) is 7.40. The maximum atomic E-state index is 12.0. The van der Waals surface area contributed by atoms with E-state index in [0.717, 1.165) is 10.9 Å². The number of nitrogens with zero attached hydrogens (tertiary/aromatic N) is 1. The molecule has 6 nitrogen and oxygen atoms in total. The highest BCUT2D eigenvalue weighted by atomic mass is 16.4. The second kappa shape index (κ2) is 4.16. The third kappa shape index (κ3) is 2.03. The molecule has 0 unspecified atom stereocenters. The van der Waals surface area contributed by atoms with Crippen molar-refractivity contribution >= 4 is 28.5 Å². The highest BCUT2D eigenvalue weighted by molar-refractivity contribution is 6.06. The lowest BCUT2D eigenvalue weighted by molar-refractivity contribution is 0.102. The van der Waals surface area contributed by atoms with Crippen LogP contribution in [0.15, 0.2) is 34.9 Å². The summed E-state index contributed by atoms with van der Waals surface area (Å²) in [4.78, 5) is 19.0. The number of aromatic nitrogens is 2. The lowest BCUT2D eigenvalue weighted by Gasteiger charge is -1.97. The summed E-state index contributed by atoms with van der Waals surface area (Å²) in [5, 5.41) is 3.45. The van der Waals surface area contributed by atoms with E-state index < -0.39 is 0 Å². The van der Waals surface area contributed by atoms with Crippen molar-refractivity contribution in [2.45, 2.75) is 6.92 Å². The zero-order chi connectivity index (χ0) is 13.4. The number of nitrogens with two attached hydrogens (primary N) is 1. The van der Waals surface area contributed by atoms with Crippen LogP contribution in [0.25, 0.3) is 10.9 Å². The first kappa shape index (κ1) is 11.3. The molecular formula is C13H12N4O2. The smallest absolute Gasteiger partial charge is 0.301 e. The Morgan fingerprint density at radius 2 is 2.32 bits per heavy atom. The van der Waals surface area contributed by atoms with E-state index in [1.165, 1.54) is 6.26 Å². The molecule has 3 rings (SSSR count). The molecule has 2 aromatic heterocycles.